The Bertz CT molecular complexity index is 815. The van der Waals surface area contributed by atoms with E-state index in [1.165, 1.54) is 5.56 Å². The lowest BCUT2D eigenvalue weighted by molar-refractivity contribution is -0.125. The van der Waals surface area contributed by atoms with E-state index in [0.717, 1.165) is 29.8 Å². The topological polar surface area (TPSA) is 61.8 Å². The molecular formula is C21H23N3O2. The number of anilines is 1. The van der Waals surface area contributed by atoms with Gasteiger partial charge in [-0.3, -0.25) is 9.59 Å². The van der Waals surface area contributed by atoms with Crippen molar-refractivity contribution in [3.8, 4) is 0 Å². The van der Waals surface area contributed by atoms with E-state index in [4.69, 9.17) is 0 Å². The van der Waals surface area contributed by atoms with Gasteiger partial charge in [-0.25, -0.2) is 5.43 Å². The molecule has 5 heteroatoms. The third kappa shape index (κ3) is 4.36. The number of hydrogen-bond acceptors (Lipinski definition) is 3. The Morgan fingerprint density at radius 1 is 1.04 bits per heavy atom. The van der Waals surface area contributed by atoms with Crippen molar-refractivity contribution in [1.29, 1.82) is 0 Å². The Kier molecular flexibility index (Phi) is 5.79. The Morgan fingerprint density at radius 3 is 2.58 bits per heavy atom. The molecule has 0 fully saturated rings. The molecule has 3 rings (SSSR count). The number of hydrazone groups is 1. The first-order valence-corrected chi connectivity index (χ1v) is 8.92. The van der Waals surface area contributed by atoms with Crippen LogP contribution in [-0.2, 0) is 16.0 Å². The van der Waals surface area contributed by atoms with E-state index in [1.54, 1.807) is 4.90 Å². The summed E-state index contributed by atoms with van der Waals surface area (Å²) in [7, 11) is 0. The van der Waals surface area contributed by atoms with Crippen LogP contribution in [0.5, 0.6) is 0 Å². The summed E-state index contributed by atoms with van der Waals surface area (Å²) in [5, 5.41) is 4.11. The SMILES string of the molecule is C/C(=N\NC(=O)CCC(=O)N1CCCc2ccccc21)c1ccccc1. The average Bonchev–Trinajstić information content (AvgIpc) is 2.70. The normalized spacial score (nSPS) is 13.9. The lowest BCUT2D eigenvalue weighted by Crippen LogP contribution is -2.36. The molecule has 26 heavy (non-hydrogen) atoms. The van der Waals surface area contributed by atoms with Crippen molar-refractivity contribution in [1.82, 2.24) is 5.43 Å². The molecule has 0 saturated carbocycles. The highest BCUT2D eigenvalue weighted by Crippen LogP contribution is 2.27. The number of fused-ring (bicyclic) bond motifs is 1. The van der Waals surface area contributed by atoms with E-state index < -0.39 is 0 Å². The lowest BCUT2D eigenvalue weighted by Gasteiger charge is -2.29. The number of nitrogens with one attached hydrogen (secondary N) is 1. The fraction of sp³-hybridized carbons (Fsp3) is 0.286. The number of para-hydroxylation sites is 1. The van der Waals surface area contributed by atoms with Gasteiger partial charge in [0.1, 0.15) is 0 Å². The third-order valence-electron chi connectivity index (χ3n) is 4.52. The van der Waals surface area contributed by atoms with E-state index in [9.17, 15) is 9.59 Å². The van der Waals surface area contributed by atoms with E-state index in [1.807, 2.05) is 55.5 Å². The molecule has 1 heterocycles. The Labute approximate surface area is 153 Å². The molecule has 2 aromatic carbocycles. The van der Waals surface area contributed by atoms with Crippen molar-refractivity contribution >= 4 is 23.2 Å². The highest BCUT2D eigenvalue weighted by molar-refractivity contribution is 5.99. The summed E-state index contributed by atoms with van der Waals surface area (Å²) in [5.74, 6) is -0.269. The minimum atomic E-state index is -0.251. The van der Waals surface area contributed by atoms with E-state index in [-0.39, 0.29) is 24.7 Å². The monoisotopic (exact) mass is 349 g/mol. The summed E-state index contributed by atoms with van der Waals surface area (Å²) < 4.78 is 0. The molecular weight excluding hydrogens is 326 g/mol. The first-order valence-electron chi connectivity index (χ1n) is 8.92. The quantitative estimate of drug-likeness (QED) is 0.665. The molecule has 1 N–H and O–H groups in total. The summed E-state index contributed by atoms with van der Waals surface area (Å²) in [6.45, 7) is 2.55. The predicted octanol–water partition coefficient (Wildman–Crippen LogP) is 3.29. The maximum Gasteiger partial charge on any atom is 0.240 e. The second kappa shape index (κ2) is 8.43. The summed E-state index contributed by atoms with van der Waals surface area (Å²) in [6, 6.07) is 17.6. The number of aryl methyl sites for hydroxylation is 1. The molecule has 5 nitrogen and oxygen atoms in total. The van der Waals surface area contributed by atoms with E-state index in [2.05, 4.69) is 16.6 Å². The van der Waals surface area contributed by atoms with Crippen LogP contribution in [0.4, 0.5) is 5.69 Å². The zero-order chi connectivity index (χ0) is 18.4. The van der Waals surface area contributed by atoms with Gasteiger partial charge in [0, 0.05) is 25.1 Å². The number of nitrogens with zero attached hydrogens (tertiary/aromatic N) is 2. The number of benzene rings is 2. The summed E-state index contributed by atoms with van der Waals surface area (Å²) in [4.78, 5) is 26.4. The van der Waals surface area contributed by atoms with Gasteiger partial charge < -0.3 is 4.90 Å². The van der Waals surface area contributed by atoms with E-state index in [0.29, 0.717) is 6.54 Å². The molecule has 1 aliphatic heterocycles. The highest BCUT2D eigenvalue weighted by atomic mass is 16.2. The van der Waals surface area contributed by atoms with Crippen LogP contribution in [-0.4, -0.2) is 24.1 Å². The fourth-order valence-corrected chi connectivity index (χ4v) is 3.09. The molecule has 0 unspecified atom stereocenters. The summed E-state index contributed by atoms with van der Waals surface area (Å²) in [6.07, 6.45) is 2.26. The molecule has 0 spiro atoms. The van der Waals surface area contributed by atoms with Crippen molar-refractivity contribution in [3.05, 3.63) is 65.7 Å². The van der Waals surface area contributed by atoms with Gasteiger partial charge in [-0.15, -0.1) is 0 Å². The van der Waals surface area contributed by atoms with Crippen LogP contribution in [0, 0.1) is 0 Å². The number of carbonyl (C=O) groups excluding carboxylic acids is 2. The van der Waals surface area contributed by atoms with Crippen LogP contribution < -0.4 is 10.3 Å². The number of rotatable bonds is 5. The average molecular weight is 349 g/mol. The van der Waals surface area contributed by atoms with Crippen molar-refractivity contribution in [2.45, 2.75) is 32.6 Å². The molecule has 2 aromatic rings. The molecule has 0 radical (unpaired) electrons. The van der Waals surface area contributed by atoms with Crippen LogP contribution in [0.2, 0.25) is 0 Å². The zero-order valence-electron chi connectivity index (χ0n) is 14.9. The van der Waals surface area contributed by atoms with Crippen molar-refractivity contribution in [2.75, 3.05) is 11.4 Å². The van der Waals surface area contributed by atoms with Crippen molar-refractivity contribution < 1.29 is 9.59 Å². The largest absolute Gasteiger partial charge is 0.312 e. The second-order valence-electron chi connectivity index (χ2n) is 6.38. The first-order chi connectivity index (χ1) is 12.6. The third-order valence-corrected chi connectivity index (χ3v) is 4.52. The standard InChI is InChI=1S/C21H23N3O2/c1-16(17-8-3-2-4-9-17)22-23-20(25)13-14-21(26)24-15-7-11-18-10-5-6-12-19(18)24/h2-6,8-10,12H,7,11,13-15H2,1H3,(H,23,25)/b22-16+. The van der Waals surface area contributed by atoms with Gasteiger partial charge in [-0.2, -0.15) is 5.10 Å². The molecule has 134 valence electrons. The number of carbonyl (C=O) groups is 2. The molecule has 1 aliphatic rings. The maximum atomic E-state index is 12.5. The minimum absolute atomic E-state index is 0.0175. The van der Waals surface area contributed by atoms with Gasteiger partial charge in [0.05, 0.1) is 5.71 Å². The summed E-state index contributed by atoms with van der Waals surface area (Å²) in [5.41, 5.74) is 6.39. The Morgan fingerprint density at radius 2 is 1.77 bits per heavy atom. The highest BCUT2D eigenvalue weighted by Gasteiger charge is 2.22. The Balaban J connectivity index is 1.53. The molecule has 0 bridgehead atoms. The second-order valence-corrected chi connectivity index (χ2v) is 6.38. The first kappa shape index (κ1) is 17.9. The van der Waals surface area contributed by atoms with Crippen LogP contribution >= 0.6 is 0 Å². The lowest BCUT2D eigenvalue weighted by atomic mass is 10.0. The van der Waals surface area contributed by atoms with Gasteiger partial charge in [0.15, 0.2) is 0 Å². The minimum Gasteiger partial charge on any atom is -0.312 e. The molecule has 0 aliphatic carbocycles. The van der Waals surface area contributed by atoms with Crippen LogP contribution in [0.15, 0.2) is 59.7 Å². The molecule has 2 amide bonds. The molecule has 0 saturated heterocycles. The summed E-state index contributed by atoms with van der Waals surface area (Å²) >= 11 is 0. The van der Waals surface area contributed by atoms with Gasteiger partial charge in [0.2, 0.25) is 11.8 Å². The van der Waals surface area contributed by atoms with Crippen LogP contribution in [0.25, 0.3) is 0 Å². The Hall–Kier alpha value is -2.95. The maximum absolute atomic E-state index is 12.5. The van der Waals surface area contributed by atoms with Gasteiger partial charge in [-0.05, 0) is 37.0 Å². The van der Waals surface area contributed by atoms with Crippen molar-refractivity contribution in [3.63, 3.8) is 0 Å². The van der Waals surface area contributed by atoms with Crippen molar-refractivity contribution in [2.24, 2.45) is 5.10 Å². The molecule has 0 atom stereocenters. The number of hydrogen-bond donors (Lipinski definition) is 1. The van der Waals surface area contributed by atoms with Gasteiger partial charge in [-0.1, -0.05) is 48.5 Å². The number of amides is 2. The fourth-order valence-electron chi connectivity index (χ4n) is 3.09. The predicted molar refractivity (Wildman–Crippen MR) is 103 cm³/mol. The van der Waals surface area contributed by atoms with Crippen LogP contribution in [0.1, 0.15) is 37.3 Å². The van der Waals surface area contributed by atoms with Gasteiger partial charge >= 0.3 is 0 Å². The van der Waals surface area contributed by atoms with Crippen LogP contribution in [0.3, 0.4) is 0 Å². The van der Waals surface area contributed by atoms with E-state index >= 15 is 0 Å². The zero-order valence-corrected chi connectivity index (χ0v) is 14.9. The molecule has 0 aromatic heterocycles. The van der Waals surface area contributed by atoms with Gasteiger partial charge in [0.25, 0.3) is 0 Å². The smallest absolute Gasteiger partial charge is 0.240 e.